The van der Waals surface area contributed by atoms with Crippen LogP contribution in [-0.4, -0.2) is 5.91 Å². The van der Waals surface area contributed by atoms with E-state index in [9.17, 15) is 9.18 Å². The minimum Gasteiger partial charge on any atom is -0.381 e. The predicted octanol–water partition coefficient (Wildman–Crippen LogP) is 4.09. The molecule has 0 spiro atoms. The summed E-state index contributed by atoms with van der Waals surface area (Å²) < 4.78 is 12.9. The number of hydrogen-bond acceptors (Lipinski definition) is 2. The Labute approximate surface area is 124 Å². The smallest absolute Gasteiger partial charge is 0.224 e. The maximum Gasteiger partial charge on any atom is 0.224 e. The Bertz CT molecular complexity index is 623. The maximum atomic E-state index is 12.9. The molecule has 0 aliphatic rings. The number of rotatable bonds is 5. The van der Waals surface area contributed by atoms with Gasteiger partial charge in [0.15, 0.2) is 0 Å². The molecule has 3 nitrogen and oxygen atoms in total. The topological polar surface area (TPSA) is 41.1 Å². The van der Waals surface area contributed by atoms with E-state index in [1.165, 1.54) is 12.1 Å². The van der Waals surface area contributed by atoms with Gasteiger partial charge in [0.2, 0.25) is 5.91 Å². The summed E-state index contributed by atoms with van der Waals surface area (Å²) >= 11 is 0. The number of carbonyl (C=O) groups is 1. The summed E-state index contributed by atoms with van der Waals surface area (Å²) in [5.41, 5.74) is 3.75. The standard InChI is InChI=1S/C17H19FN2O/c1-3-17(21)20-16-6-4-5-15(12(16)2)19-11-13-7-9-14(18)10-8-13/h4-10,19H,3,11H2,1-2H3,(H,20,21). The monoisotopic (exact) mass is 286 g/mol. The van der Waals surface area contributed by atoms with Crippen LogP contribution in [0.4, 0.5) is 15.8 Å². The van der Waals surface area contributed by atoms with Crippen molar-refractivity contribution in [2.45, 2.75) is 26.8 Å². The Balaban J connectivity index is 2.08. The van der Waals surface area contributed by atoms with Gasteiger partial charge in [-0.1, -0.05) is 25.1 Å². The quantitative estimate of drug-likeness (QED) is 0.869. The van der Waals surface area contributed by atoms with Crippen molar-refractivity contribution in [2.75, 3.05) is 10.6 Å². The van der Waals surface area contributed by atoms with Crippen LogP contribution in [0.15, 0.2) is 42.5 Å². The second kappa shape index (κ2) is 6.88. The van der Waals surface area contributed by atoms with Crippen LogP contribution < -0.4 is 10.6 Å². The third kappa shape index (κ3) is 4.05. The van der Waals surface area contributed by atoms with Crippen LogP contribution in [0.5, 0.6) is 0 Å². The number of halogens is 1. The molecular weight excluding hydrogens is 267 g/mol. The molecule has 1 amide bonds. The van der Waals surface area contributed by atoms with Gasteiger partial charge in [-0.2, -0.15) is 0 Å². The van der Waals surface area contributed by atoms with Crippen LogP contribution in [0.2, 0.25) is 0 Å². The largest absolute Gasteiger partial charge is 0.381 e. The van der Waals surface area contributed by atoms with Gasteiger partial charge >= 0.3 is 0 Å². The zero-order valence-electron chi connectivity index (χ0n) is 12.2. The Morgan fingerprint density at radius 3 is 2.43 bits per heavy atom. The van der Waals surface area contributed by atoms with E-state index in [1.807, 2.05) is 32.0 Å². The third-order valence-corrected chi connectivity index (χ3v) is 3.33. The second-order valence-electron chi connectivity index (χ2n) is 4.86. The highest BCUT2D eigenvalue weighted by Crippen LogP contribution is 2.24. The fourth-order valence-electron chi connectivity index (χ4n) is 2.00. The lowest BCUT2D eigenvalue weighted by atomic mass is 10.1. The molecule has 2 rings (SSSR count). The van der Waals surface area contributed by atoms with Crippen LogP contribution in [-0.2, 0) is 11.3 Å². The van der Waals surface area contributed by atoms with Gasteiger partial charge in [0.05, 0.1) is 0 Å². The molecule has 110 valence electrons. The van der Waals surface area contributed by atoms with Gasteiger partial charge in [0.25, 0.3) is 0 Å². The highest BCUT2D eigenvalue weighted by molar-refractivity contribution is 5.92. The van der Waals surface area contributed by atoms with Crippen molar-refractivity contribution in [2.24, 2.45) is 0 Å². The highest BCUT2D eigenvalue weighted by Gasteiger charge is 2.06. The summed E-state index contributed by atoms with van der Waals surface area (Å²) in [6.45, 7) is 4.38. The van der Waals surface area contributed by atoms with Crippen molar-refractivity contribution in [3.8, 4) is 0 Å². The first-order valence-electron chi connectivity index (χ1n) is 6.98. The summed E-state index contributed by atoms with van der Waals surface area (Å²) in [6, 6.07) is 12.1. The third-order valence-electron chi connectivity index (χ3n) is 3.33. The molecule has 0 fully saturated rings. The van der Waals surface area contributed by atoms with E-state index >= 15 is 0 Å². The first-order chi connectivity index (χ1) is 10.1. The normalized spacial score (nSPS) is 10.2. The van der Waals surface area contributed by atoms with E-state index in [2.05, 4.69) is 10.6 Å². The van der Waals surface area contributed by atoms with Crippen molar-refractivity contribution in [3.05, 3.63) is 59.4 Å². The molecule has 21 heavy (non-hydrogen) atoms. The molecule has 0 heterocycles. The summed E-state index contributed by atoms with van der Waals surface area (Å²) in [5, 5.41) is 6.18. The lowest BCUT2D eigenvalue weighted by Crippen LogP contribution is -2.11. The summed E-state index contributed by atoms with van der Waals surface area (Å²) in [7, 11) is 0. The number of amides is 1. The molecule has 2 aromatic rings. The number of nitrogens with one attached hydrogen (secondary N) is 2. The molecule has 2 N–H and O–H groups in total. The number of carbonyl (C=O) groups excluding carboxylic acids is 1. The average Bonchev–Trinajstić information content (AvgIpc) is 2.49. The molecule has 0 aromatic heterocycles. The highest BCUT2D eigenvalue weighted by atomic mass is 19.1. The Morgan fingerprint density at radius 2 is 1.76 bits per heavy atom. The molecule has 2 aromatic carbocycles. The molecule has 4 heteroatoms. The first-order valence-corrected chi connectivity index (χ1v) is 6.98. The fraction of sp³-hybridized carbons (Fsp3) is 0.235. The van der Waals surface area contributed by atoms with Crippen molar-refractivity contribution < 1.29 is 9.18 Å². The molecular formula is C17H19FN2O. The summed E-state index contributed by atoms with van der Waals surface area (Å²) in [6.07, 6.45) is 0.451. The van der Waals surface area contributed by atoms with E-state index in [4.69, 9.17) is 0 Å². The van der Waals surface area contributed by atoms with Crippen LogP contribution in [0.3, 0.4) is 0 Å². The molecule has 0 bridgehead atoms. The molecule has 0 radical (unpaired) electrons. The first kappa shape index (κ1) is 15.0. The van der Waals surface area contributed by atoms with Gasteiger partial charge in [-0.25, -0.2) is 4.39 Å². The molecule has 0 saturated carbocycles. The van der Waals surface area contributed by atoms with Crippen molar-refractivity contribution in [1.29, 1.82) is 0 Å². The van der Waals surface area contributed by atoms with Crippen LogP contribution in [0, 0.1) is 12.7 Å². The minimum absolute atomic E-state index is 0.00576. The molecule has 0 unspecified atom stereocenters. The SMILES string of the molecule is CCC(=O)Nc1cccc(NCc2ccc(F)cc2)c1C. The minimum atomic E-state index is -0.237. The van der Waals surface area contributed by atoms with Gasteiger partial charge in [-0.15, -0.1) is 0 Å². The fourth-order valence-corrected chi connectivity index (χ4v) is 2.00. The van der Waals surface area contributed by atoms with Crippen LogP contribution in [0.25, 0.3) is 0 Å². The molecule has 0 saturated heterocycles. The van der Waals surface area contributed by atoms with Crippen LogP contribution in [0.1, 0.15) is 24.5 Å². The van der Waals surface area contributed by atoms with Gasteiger partial charge in [-0.05, 0) is 42.3 Å². The number of benzene rings is 2. The van der Waals surface area contributed by atoms with Gasteiger partial charge < -0.3 is 10.6 Å². The summed E-state index contributed by atoms with van der Waals surface area (Å²) in [4.78, 5) is 11.5. The van der Waals surface area contributed by atoms with E-state index in [0.717, 1.165) is 22.5 Å². The molecule has 0 aliphatic heterocycles. The zero-order chi connectivity index (χ0) is 15.2. The van der Waals surface area contributed by atoms with Crippen LogP contribution >= 0.6 is 0 Å². The second-order valence-corrected chi connectivity index (χ2v) is 4.86. The van der Waals surface area contributed by atoms with Gasteiger partial charge in [0, 0.05) is 24.3 Å². The lowest BCUT2D eigenvalue weighted by molar-refractivity contribution is -0.115. The van der Waals surface area contributed by atoms with Gasteiger partial charge in [0.1, 0.15) is 5.82 Å². The average molecular weight is 286 g/mol. The van der Waals surface area contributed by atoms with E-state index in [-0.39, 0.29) is 11.7 Å². The summed E-state index contributed by atoms with van der Waals surface area (Å²) in [5.74, 6) is -0.243. The Morgan fingerprint density at radius 1 is 1.10 bits per heavy atom. The predicted molar refractivity (Wildman–Crippen MR) is 83.8 cm³/mol. The molecule has 0 atom stereocenters. The lowest BCUT2D eigenvalue weighted by Gasteiger charge is -2.14. The van der Waals surface area contributed by atoms with Crippen molar-refractivity contribution >= 4 is 17.3 Å². The number of hydrogen-bond donors (Lipinski definition) is 2. The Hall–Kier alpha value is -2.36. The maximum absolute atomic E-state index is 12.9. The number of anilines is 2. The van der Waals surface area contributed by atoms with E-state index in [1.54, 1.807) is 12.1 Å². The van der Waals surface area contributed by atoms with Crippen molar-refractivity contribution in [1.82, 2.24) is 0 Å². The Kier molecular flexibility index (Phi) is 4.93. The van der Waals surface area contributed by atoms with E-state index in [0.29, 0.717) is 13.0 Å². The van der Waals surface area contributed by atoms with E-state index < -0.39 is 0 Å². The van der Waals surface area contributed by atoms with Crippen molar-refractivity contribution in [3.63, 3.8) is 0 Å². The molecule has 0 aliphatic carbocycles. The van der Waals surface area contributed by atoms with Gasteiger partial charge in [-0.3, -0.25) is 4.79 Å². The zero-order valence-corrected chi connectivity index (χ0v) is 12.2.